The molecule has 0 fully saturated rings. The van der Waals surface area contributed by atoms with Gasteiger partial charge in [0.25, 0.3) is 0 Å². The van der Waals surface area contributed by atoms with Crippen molar-refractivity contribution in [2.24, 2.45) is 0 Å². The van der Waals surface area contributed by atoms with Gasteiger partial charge in [0.2, 0.25) is 0 Å². The number of hydrogen-bond donors (Lipinski definition) is 2. The zero-order chi connectivity index (χ0) is 19.1. The predicted molar refractivity (Wildman–Crippen MR) is 107 cm³/mol. The molecule has 0 unspecified atom stereocenters. The molecule has 6 heteroatoms. The number of furan rings is 1. The fourth-order valence-corrected chi connectivity index (χ4v) is 3.64. The molecule has 0 amide bonds. The third kappa shape index (κ3) is 3.08. The van der Waals surface area contributed by atoms with Crippen LogP contribution in [0.1, 0.15) is 11.3 Å². The number of H-pyrrole nitrogens is 2. The fraction of sp³-hybridized carbons (Fsp3) is 0.136. The van der Waals surface area contributed by atoms with Crippen LogP contribution in [0.4, 0.5) is 4.39 Å². The molecule has 3 aromatic heterocycles. The highest BCUT2D eigenvalue weighted by Crippen LogP contribution is 2.29. The zero-order valence-electron chi connectivity index (χ0n) is 15.4. The number of aromatic amines is 2. The third-order valence-electron chi connectivity index (χ3n) is 4.91. The van der Waals surface area contributed by atoms with E-state index >= 15 is 0 Å². The number of aromatic nitrogens is 3. The number of nitrogens with zero attached hydrogens (tertiary/aromatic N) is 2. The van der Waals surface area contributed by atoms with Crippen molar-refractivity contribution in [1.82, 2.24) is 20.1 Å². The second-order valence-corrected chi connectivity index (χ2v) is 7.12. The predicted octanol–water partition coefficient (Wildman–Crippen LogP) is 5.08. The molecule has 0 saturated heterocycles. The third-order valence-corrected chi connectivity index (χ3v) is 4.91. The first-order valence-corrected chi connectivity index (χ1v) is 9.12. The van der Waals surface area contributed by atoms with Crippen LogP contribution in [0.2, 0.25) is 0 Å². The van der Waals surface area contributed by atoms with Crippen LogP contribution in [-0.2, 0) is 13.1 Å². The summed E-state index contributed by atoms with van der Waals surface area (Å²) in [4.78, 5) is 5.53. The smallest absolute Gasteiger partial charge is 0.153 e. The zero-order valence-corrected chi connectivity index (χ0v) is 15.4. The van der Waals surface area contributed by atoms with Crippen molar-refractivity contribution in [3.8, 4) is 11.5 Å². The van der Waals surface area contributed by atoms with Crippen LogP contribution in [0.15, 0.2) is 65.2 Å². The summed E-state index contributed by atoms with van der Waals surface area (Å²) in [6.07, 6.45) is 1.83. The summed E-state index contributed by atoms with van der Waals surface area (Å²) >= 11 is 0. The van der Waals surface area contributed by atoms with Gasteiger partial charge in [-0.25, -0.2) is 4.39 Å². The van der Waals surface area contributed by atoms with Gasteiger partial charge in [-0.1, -0.05) is 18.2 Å². The summed E-state index contributed by atoms with van der Waals surface area (Å²) in [6, 6.07) is 16.7. The van der Waals surface area contributed by atoms with Gasteiger partial charge in [-0.05, 0) is 43.4 Å². The molecule has 0 aliphatic carbocycles. The molecule has 0 spiro atoms. The largest absolute Gasteiger partial charge is 0.454 e. The van der Waals surface area contributed by atoms with Crippen molar-refractivity contribution in [3.05, 3.63) is 77.9 Å². The number of benzene rings is 2. The molecule has 2 N–H and O–H groups in total. The number of hydrogen-bond acceptors (Lipinski definition) is 3. The minimum Gasteiger partial charge on any atom is -0.454 e. The van der Waals surface area contributed by atoms with Crippen LogP contribution in [0, 0.1) is 5.82 Å². The Hall–Kier alpha value is -3.38. The Bertz CT molecular complexity index is 1230. The standard InChI is InChI=1S/C22H19FN4O/c1-27(13-18-9-15-8-17(23)6-7-19(15)25-18)12-16-11-24-26-22(16)21-10-14-4-2-3-5-20(14)28-21/h2-11,25H,12-13H2,1H3,(H,24,26). The first-order valence-electron chi connectivity index (χ1n) is 9.12. The topological polar surface area (TPSA) is 60.9 Å². The second kappa shape index (κ2) is 6.65. The van der Waals surface area contributed by atoms with E-state index in [4.69, 9.17) is 4.42 Å². The average Bonchev–Trinajstić information content (AvgIpc) is 3.38. The normalized spacial score (nSPS) is 11.8. The summed E-state index contributed by atoms with van der Waals surface area (Å²) < 4.78 is 19.4. The van der Waals surface area contributed by atoms with E-state index in [0.29, 0.717) is 13.1 Å². The molecule has 0 saturated carbocycles. The Kier molecular flexibility index (Phi) is 3.98. The Morgan fingerprint density at radius 1 is 1.04 bits per heavy atom. The molecule has 0 bridgehead atoms. The number of nitrogens with one attached hydrogen (secondary N) is 2. The molecule has 0 radical (unpaired) electrons. The van der Waals surface area contributed by atoms with E-state index in [1.54, 1.807) is 12.1 Å². The first kappa shape index (κ1) is 16.8. The molecule has 28 heavy (non-hydrogen) atoms. The summed E-state index contributed by atoms with van der Waals surface area (Å²) in [5, 5.41) is 9.22. The molecule has 5 aromatic rings. The van der Waals surface area contributed by atoms with Crippen molar-refractivity contribution in [2.75, 3.05) is 7.05 Å². The summed E-state index contributed by atoms with van der Waals surface area (Å²) in [7, 11) is 2.04. The Morgan fingerprint density at radius 2 is 1.93 bits per heavy atom. The molecule has 0 aliphatic heterocycles. The lowest BCUT2D eigenvalue weighted by atomic mass is 10.2. The monoisotopic (exact) mass is 374 g/mol. The Labute approximate surface area is 160 Å². The maximum atomic E-state index is 13.4. The molecule has 2 aromatic carbocycles. The summed E-state index contributed by atoms with van der Waals surface area (Å²) in [6.45, 7) is 1.41. The molecule has 0 atom stereocenters. The van der Waals surface area contributed by atoms with Gasteiger partial charge < -0.3 is 9.40 Å². The van der Waals surface area contributed by atoms with Crippen LogP contribution < -0.4 is 0 Å². The first-order chi connectivity index (χ1) is 13.7. The number of fused-ring (bicyclic) bond motifs is 2. The van der Waals surface area contributed by atoms with E-state index in [1.807, 2.05) is 49.6 Å². The lowest BCUT2D eigenvalue weighted by Crippen LogP contribution is -2.17. The lowest BCUT2D eigenvalue weighted by Gasteiger charge is -2.15. The highest BCUT2D eigenvalue weighted by Gasteiger charge is 2.15. The Morgan fingerprint density at radius 3 is 2.82 bits per heavy atom. The van der Waals surface area contributed by atoms with E-state index in [0.717, 1.165) is 44.6 Å². The van der Waals surface area contributed by atoms with E-state index in [9.17, 15) is 4.39 Å². The summed E-state index contributed by atoms with van der Waals surface area (Å²) in [5.41, 5.74) is 4.79. The number of para-hydroxylation sites is 1. The van der Waals surface area contributed by atoms with E-state index < -0.39 is 0 Å². The average molecular weight is 374 g/mol. The molecule has 140 valence electrons. The van der Waals surface area contributed by atoms with Gasteiger partial charge in [0.15, 0.2) is 5.76 Å². The summed E-state index contributed by atoms with van der Waals surface area (Å²) in [5.74, 6) is 0.559. The van der Waals surface area contributed by atoms with Crippen LogP contribution in [0.3, 0.4) is 0 Å². The second-order valence-electron chi connectivity index (χ2n) is 7.12. The van der Waals surface area contributed by atoms with Gasteiger partial charge in [0.1, 0.15) is 17.1 Å². The maximum Gasteiger partial charge on any atom is 0.153 e. The van der Waals surface area contributed by atoms with Crippen LogP contribution in [0.5, 0.6) is 0 Å². The maximum absolute atomic E-state index is 13.4. The Balaban J connectivity index is 1.36. The van der Waals surface area contributed by atoms with E-state index in [-0.39, 0.29) is 5.82 Å². The minimum absolute atomic E-state index is 0.222. The quantitative estimate of drug-likeness (QED) is 0.451. The van der Waals surface area contributed by atoms with E-state index in [1.165, 1.54) is 6.07 Å². The van der Waals surface area contributed by atoms with Gasteiger partial charge in [0, 0.05) is 40.6 Å². The van der Waals surface area contributed by atoms with Gasteiger partial charge in [-0.15, -0.1) is 0 Å². The number of rotatable bonds is 5. The van der Waals surface area contributed by atoms with Crippen LogP contribution >= 0.6 is 0 Å². The highest BCUT2D eigenvalue weighted by molar-refractivity contribution is 5.82. The lowest BCUT2D eigenvalue weighted by molar-refractivity contribution is 0.316. The van der Waals surface area contributed by atoms with Crippen molar-refractivity contribution in [1.29, 1.82) is 0 Å². The van der Waals surface area contributed by atoms with Crippen LogP contribution in [-0.4, -0.2) is 27.1 Å². The van der Waals surface area contributed by atoms with E-state index in [2.05, 4.69) is 20.1 Å². The SMILES string of the molecule is CN(Cc1cc2cc(F)ccc2[nH]1)Cc1cn[nH]c1-c1cc2ccccc2o1. The number of halogens is 1. The van der Waals surface area contributed by atoms with Crippen molar-refractivity contribution in [2.45, 2.75) is 13.1 Å². The molecular weight excluding hydrogens is 355 g/mol. The molecule has 3 heterocycles. The highest BCUT2D eigenvalue weighted by atomic mass is 19.1. The van der Waals surface area contributed by atoms with Crippen molar-refractivity contribution in [3.63, 3.8) is 0 Å². The molecule has 0 aliphatic rings. The van der Waals surface area contributed by atoms with Crippen molar-refractivity contribution >= 4 is 21.9 Å². The van der Waals surface area contributed by atoms with Gasteiger partial charge in [-0.2, -0.15) is 5.10 Å². The van der Waals surface area contributed by atoms with Crippen LogP contribution in [0.25, 0.3) is 33.3 Å². The fourth-order valence-electron chi connectivity index (χ4n) is 3.64. The molecule has 5 nitrogen and oxygen atoms in total. The minimum atomic E-state index is -0.222. The van der Waals surface area contributed by atoms with Gasteiger partial charge in [0.05, 0.1) is 6.20 Å². The van der Waals surface area contributed by atoms with Gasteiger partial charge in [-0.3, -0.25) is 10.00 Å². The molecular formula is C22H19FN4O. The van der Waals surface area contributed by atoms with Gasteiger partial charge >= 0.3 is 0 Å². The van der Waals surface area contributed by atoms with Crippen molar-refractivity contribution < 1.29 is 8.81 Å². The molecule has 5 rings (SSSR count).